The summed E-state index contributed by atoms with van der Waals surface area (Å²) in [4.78, 5) is 9.86. The molecule has 2 saturated heterocycles. The van der Waals surface area contributed by atoms with Crippen molar-refractivity contribution in [2.75, 3.05) is 6.54 Å². The third-order valence-corrected chi connectivity index (χ3v) is 2.59. The van der Waals surface area contributed by atoms with Crippen LogP contribution in [0.1, 0.15) is 26.7 Å². The zero-order valence-electron chi connectivity index (χ0n) is 8.84. The first-order chi connectivity index (χ1) is 6.96. The van der Waals surface area contributed by atoms with Crippen molar-refractivity contribution in [3.63, 3.8) is 0 Å². The predicted molar refractivity (Wildman–Crippen MR) is 49.8 cm³/mol. The van der Waals surface area contributed by atoms with Gasteiger partial charge in [-0.2, -0.15) is 0 Å². The Balaban J connectivity index is 1.81. The van der Waals surface area contributed by atoms with Crippen molar-refractivity contribution in [2.45, 2.75) is 51.0 Å². The summed E-state index contributed by atoms with van der Waals surface area (Å²) in [5, 5.41) is 10.2. The Morgan fingerprint density at radius 3 is 2.80 bits per heavy atom. The molecule has 86 valence electrons. The highest BCUT2D eigenvalue weighted by molar-refractivity contribution is 4.84. The van der Waals surface area contributed by atoms with E-state index in [1.54, 1.807) is 0 Å². The first kappa shape index (κ1) is 10.8. The average molecular weight is 217 g/mol. The Bertz CT molecular complexity index is 251. The van der Waals surface area contributed by atoms with Gasteiger partial charge in [0.05, 0.1) is 6.10 Å². The quantitative estimate of drug-likeness (QED) is 0.519. The summed E-state index contributed by atoms with van der Waals surface area (Å²) >= 11 is 0. The molecule has 0 spiro atoms. The monoisotopic (exact) mass is 217 g/mol. The largest absolute Gasteiger partial charge is 0.346 e. The molecule has 0 N–H and O–H groups in total. The standard InChI is InChI=1S/C9H15NO5/c1-9(2)14-7-5-6(3-4-10(11)12)13-8(7)15-9/h6-8H,3-5H2,1-2H3/t6-,7-,8?/m1/s1. The Kier molecular flexibility index (Phi) is 2.66. The summed E-state index contributed by atoms with van der Waals surface area (Å²) in [6.07, 6.45) is 0.574. The van der Waals surface area contributed by atoms with Gasteiger partial charge in [0.15, 0.2) is 12.1 Å². The molecule has 2 aliphatic heterocycles. The summed E-state index contributed by atoms with van der Waals surface area (Å²) in [5.74, 6) is -0.594. The Morgan fingerprint density at radius 1 is 1.47 bits per heavy atom. The lowest BCUT2D eigenvalue weighted by Crippen LogP contribution is -2.25. The first-order valence-electron chi connectivity index (χ1n) is 5.09. The molecule has 0 bridgehead atoms. The first-order valence-corrected chi connectivity index (χ1v) is 5.09. The smallest absolute Gasteiger partial charge is 0.206 e. The minimum Gasteiger partial charge on any atom is -0.346 e. The van der Waals surface area contributed by atoms with Crippen LogP contribution in [0.2, 0.25) is 0 Å². The third kappa shape index (κ3) is 2.45. The van der Waals surface area contributed by atoms with Crippen molar-refractivity contribution < 1.29 is 19.1 Å². The molecule has 2 rings (SSSR count). The summed E-state index contributed by atoms with van der Waals surface area (Å²) in [6, 6.07) is 0. The van der Waals surface area contributed by atoms with Crippen LogP contribution in [0.3, 0.4) is 0 Å². The SMILES string of the molecule is CC1(C)OC2O[C@H](CC[N+](=O)[O-])C[C@H]2O1. The molecule has 3 atom stereocenters. The summed E-state index contributed by atoms with van der Waals surface area (Å²) in [7, 11) is 0. The van der Waals surface area contributed by atoms with E-state index in [4.69, 9.17) is 14.2 Å². The lowest BCUT2D eigenvalue weighted by atomic mass is 10.1. The zero-order valence-corrected chi connectivity index (χ0v) is 8.84. The second kappa shape index (κ2) is 3.70. The molecule has 2 aliphatic rings. The second-order valence-corrected chi connectivity index (χ2v) is 4.38. The van der Waals surface area contributed by atoms with Gasteiger partial charge >= 0.3 is 0 Å². The summed E-state index contributed by atoms with van der Waals surface area (Å²) in [5.41, 5.74) is 0. The van der Waals surface area contributed by atoms with E-state index >= 15 is 0 Å². The van der Waals surface area contributed by atoms with E-state index < -0.39 is 5.79 Å². The van der Waals surface area contributed by atoms with E-state index in [1.807, 2.05) is 13.8 Å². The molecule has 0 saturated carbocycles. The number of nitrogens with zero attached hydrogens (tertiary/aromatic N) is 1. The highest BCUT2D eigenvalue weighted by Gasteiger charge is 2.48. The zero-order chi connectivity index (χ0) is 11.1. The minimum atomic E-state index is -0.594. The summed E-state index contributed by atoms with van der Waals surface area (Å²) < 4.78 is 16.6. The van der Waals surface area contributed by atoms with Crippen LogP contribution in [0.5, 0.6) is 0 Å². The molecule has 0 aromatic rings. The molecule has 1 unspecified atom stereocenters. The summed E-state index contributed by atoms with van der Waals surface area (Å²) in [6.45, 7) is 3.61. The van der Waals surface area contributed by atoms with Gasteiger partial charge in [0.2, 0.25) is 6.54 Å². The Labute approximate surface area is 87.6 Å². The van der Waals surface area contributed by atoms with Crippen LogP contribution in [0.15, 0.2) is 0 Å². The molecule has 6 nitrogen and oxygen atoms in total. The van der Waals surface area contributed by atoms with Crippen LogP contribution in [-0.4, -0.2) is 35.8 Å². The van der Waals surface area contributed by atoms with Crippen molar-refractivity contribution in [1.82, 2.24) is 0 Å². The number of fused-ring (bicyclic) bond motifs is 1. The van der Waals surface area contributed by atoms with E-state index in [-0.39, 0.29) is 30.0 Å². The van der Waals surface area contributed by atoms with E-state index in [0.29, 0.717) is 12.8 Å². The van der Waals surface area contributed by atoms with Gasteiger partial charge in [-0.3, -0.25) is 10.1 Å². The minimum absolute atomic E-state index is 0.0620. The van der Waals surface area contributed by atoms with E-state index in [1.165, 1.54) is 0 Å². The van der Waals surface area contributed by atoms with Crippen LogP contribution in [0.25, 0.3) is 0 Å². The molecule has 2 heterocycles. The molecule has 0 aromatic carbocycles. The molecule has 2 fully saturated rings. The van der Waals surface area contributed by atoms with Crippen LogP contribution in [0.4, 0.5) is 0 Å². The van der Waals surface area contributed by atoms with Crippen LogP contribution in [-0.2, 0) is 14.2 Å². The lowest BCUT2D eigenvalue weighted by molar-refractivity contribution is -0.482. The van der Waals surface area contributed by atoms with Crippen LogP contribution < -0.4 is 0 Å². The van der Waals surface area contributed by atoms with Gasteiger partial charge in [-0.15, -0.1) is 0 Å². The lowest BCUT2D eigenvalue weighted by Gasteiger charge is -2.19. The third-order valence-electron chi connectivity index (χ3n) is 2.59. The van der Waals surface area contributed by atoms with Gasteiger partial charge < -0.3 is 14.2 Å². The fourth-order valence-corrected chi connectivity index (χ4v) is 2.02. The van der Waals surface area contributed by atoms with Gasteiger partial charge in [0.1, 0.15) is 6.10 Å². The molecule has 0 aromatic heterocycles. The van der Waals surface area contributed by atoms with Gasteiger partial charge in [-0.05, 0) is 13.8 Å². The number of hydrogen-bond donors (Lipinski definition) is 0. The number of nitro groups is 1. The molecule has 6 heteroatoms. The van der Waals surface area contributed by atoms with Gasteiger partial charge in [0.25, 0.3) is 0 Å². The molecule has 0 aliphatic carbocycles. The molecule has 0 amide bonds. The maximum absolute atomic E-state index is 10.2. The van der Waals surface area contributed by atoms with Crippen LogP contribution >= 0.6 is 0 Å². The molecular weight excluding hydrogens is 202 g/mol. The van der Waals surface area contributed by atoms with E-state index in [9.17, 15) is 10.1 Å². The topological polar surface area (TPSA) is 70.8 Å². The Hall–Kier alpha value is -0.720. The maximum atomic E-state index is 10.2. The highest BCUT2D eigenvalue weighted by Crippen LogP contribution is 2.37. The maximum Gasteiger partial charge on any atom is 0.206 e. The average Bonchev–Trinajstić information content (AvgIpc) is 2.53. The molecule has 0 radical (unpaired) electrons. The molecular formula is C9H15NO5. The number of hydrogen-bond acceptors (Lipinski definition) is 5. The Morgan fingerprint density at radius 2 is 2.20 bits per heavy atom. The van der Waals surface area contributed by atoms with Crippen molar-refractivity contribution in [1.29, 1.82) is 0 Å². The van der Waals surface area contributed by atoms with Gasteiger partial charge in [0, 0.05) is 17.8 Å². The fraction of sp³-hybridized carbons (Fsp3) is 1.00. The highest BCUT2D eigenvalue weighted by atomic mass is 16.8. The van der Waals surface area contributed by atoms with Crippen molar-refractivity contribution >= 4 is 0 Å². The van der Waals surface area contributed by atoms with Crippen LogP contribution in [0, 0.1) is 10.1 Å². The van der Waals surface area contributed by atoms with Crippen molar-refractivity contribution in [2.24, 2.45) is 0 Å². The second-order valence-electron chi connectivity index (χ2n) is 4.38. The van der Waals surface area contributed by atoms with Gasteiger partial charge in [-0.1, -0.05) is 0 Å². The van der Waals surface area contributed by atoms with E-state index in [2.05, 4.69) is 0 Å². The predicted octanol–water partition coefficient (Wildman–Crippen LogP) is 0.920. The van der Waals surface area contributed by atoms with Crippen molar-refractivity contribution in [3.8, 4) is 0 Å². The normalized spacial score (nSPS) is 37.9. The van der Waals surface area contributed by atoms with E-state index in [0.717, 1.165) is 0 Å². The molecule has 15 heavy (non-hydrogen) atoms. The fourth-order valence-electron chi connectivity index (χ4n) is 2.02. The van der Waals surface area contributed by atoms with Gasteiger partial charge in [-0.25, -0.2) is 0 Å². The number of rotatable bonds is 3. The number of ether oxygens (including phenoxy) is 3. The van der Waals surface area contributed by atoms with Crippen molar-refractivity contribution in [3.05, 3.63) is 10.1 Å².